The Hall–Kier alpha value is -2.85. The number of rotatable bonds is 10. The Morgan fingerprint density at radius 1 is 1.07 bits per heavy atom. The van der Waals surface area contributed by atoms with Crippen molar-refractivity contribution in [1.29, 1.82) is 0 Å². The molecular formula is C20H22N4O4S2. The fourth-order valence-corrected chi connectivity index (χ4v) is 3.72. The zero-order chi connectivity index (χ0) is 21.4. The van der Waals surface area contributed by atoms with Crippen molar-refractivity contribution in [3.8, 4) is 11.5 Å². The van der Waals surface area contributed by atoms with Crippen LogP contribution in [0.15, 0.2) is 64.2 Å². The number of aromatic nitrogens is 2. The molecule has 0 atom stereocenters. The van der Waals surface area contributed by atoms with Gasteiger partial charge in [-0.25, -0.2) is 8.42 Å². The van der Waals surface area contributed by atoms with Gasteiger partial charge in [0.15, 0.2) is 0 Å². The minimum atomic E-state index is -3.33. The first-order chi connectivity index (χ1) is 14.4. The number of nitrogens with one attached hydrogen (secondary N) is 2. The van der Waals surface area contributed by atoms with E-state index in [1.165, 1.54) is 5.56 Å². The largest absolute Gasteiger partial charge is 0.411 e. The number of thioether (sulfide) groups is 1. The highest BCUT2D eigenvalue weighted by Gasteiger charge is 2.12. The average Bonchev–Trinajstić information content (AvgIpc) is 3.22. The maximum atomic E-state index is 12.0. The molecule has 3 rings (SSSR count). The minimum Gasteiger partial charge on any atom is -0.411 e. The van der Waals surface area contributed by atoms with Gasteiger partial charge < -0.3 is 9.73 Å². The third-order valence-corrected chi connectivity index (χ3v) is 6.22. The number of amides is 1. The lowest BCUT2D eigenvalue weighted by molar-refractivity contribution is -0.118. The third kappa shape index (κ3) is 6.60. The van der Waals surface area contributed by atoms with E-state index in [2.05, 4.69) is 20.2 Å². The molecule has 0 unspecified atom stereocenters. The van der Waals surface area contributed by atoms with E-state index in [1.807, 2.05) is 30.3 Å². The van der Waals surface area contributed by atoms with Crippen molar-refractivity contribution in [1.82, 2.24) is 15.5 Å². The number of hydrogen-bond donors (Lipinski definition) is 2. The summed E-state index contributed by atoms with van der Waals surface area (Å²) in [5, 5.41) is 11.1. The molecule has 1 aromatic heterocycles. The van der Waals surface area contributed by atoms with E-state index in [-0.39, 0.29) is 17.4 Å². The molecule has 0 aliphatic heterocycles. The van der Waals surface area contributed by atoms with Crippen LogP contribution in [0.3, 0.4) is 0 Å². The van der Waals surface area contributed by atoms with Crippen LogP contribution >= 0.6 is 11.8 Å². The van der Waals surface area contributed by atoms with Crippen LogP contribution in [0.1, 0.15) is 12.5 Å². The summed E-state index contributed by atoms with van der Waals surface area (Å²) in [5.74, 6) is 0.364. The second-order valence-electron chi connectivity index (χ2n) is 6.33. The lowest BCUT2D eigenvalue weighted by atomic mass is 10.1. The molecule has 1 amide bonds. The Morgan fingerprint density at radius 3 is 2.50 bits per heavy atom. The Morgan fingerprint density at radius 2 is 1.80 bits per heavy atom. The smallest absolute Gasteiger partial charge is 0.277 e. The molecular weight excluding hydrogens is 424 g/mol. The molecule has 3 aromatic rings. The SMILES string of the molecule is CCS(=O)(=O)Nc1ccc(-c2nnc(SCC(=O)NCCc3ccccc3)o2)cc1. The summed E-state index contributed by atoms with van der Waals surface area (Å²) in [6.07, 6.45) is 0.770. The summed E-state index contributed by atoms with van der Waals surface area (Å²) in [4.78, 5) is 12.0. The average molecular weight is 447 g/mol. The summed E-state index contributed by atoms with van der Waals surface area (Å²) in [7, 11) is -3.33. The highest BCUT2D eigenvalue weighted by Crippen LogP contribution is 2.24. The number of benzene rings is 2. The van der Waals surface area contributed by atoms with E-state index in [0.29, 0.717) is 28.9 Å². The number of hydrogen-bond acceptors (Lipinski definition) is 7. The van der Waals surface area contributed by atoms with Crippen molar-refractivity contribution < 1.29 is 17.6 Å². The Balaban J connectivity index is 1.47. The first kappa shape index (κ1) is 21.8. The van der Waals surface area contributed by atoms with Crippen molar-refractivity contribution in [2.75, 3.05) is 22.8 Å². The first-order valence-corrected chi connectivity index (χ1v) is 12.0. The highest BCUT2D eigenvalue weighted by atomic mass is 32.2. The van der Waals surface area contributed by atoms with Gasteiger partial charge in [0.2, 0.25) is 21.8 Å². The summed E-state index contributed by atoms with van der Waals surface area (Å²) >= 11 is 1.16. The van der Waals surface area contributed by atoms with Gasteiger partial charge in [0.25, 0.3) is 5.22 Å². The molecule has 8 nitrogen and oxygen atoms in total. The molecule has 158 valence electrons. The molecule has 0 aliphatic carbocycles. The molecule has 2 N–H and O–H groups in total. The molecule has 0 saturated heterocycles. The van der Waals surface area contributed by atoms with Crippen LogP contribution < -0.4 is 10.0 Å². The van der Waals surface area contributed by atoms with E-state index in [9.17, 15) is 13.2 Å². The molecule has 1 heterocycles. The number of sulfonamides is 1. The van der Waals surface area contributed by atoms with Crippen molar-refractivity contribution >= 4 is 33.4 Å². The van der Waals surface area contributed by atoms with Gasteiger partial charge in [0.05, 0.1) is 11.5 Å². The van der Waals surface area contributed by atoms with Gasteiger partial charge in [-0.05, 0) is 43.2 Å². The second-order valence-corrected chi connectivity index (χ2v) is 9.27. The number of anilines is 1. The summed E-state index contributed by atoms with van der Waals surface area (Å²) in [6.45, 7) is 2.13. The van der Waals surface area contributed by atoms with Crippen LogP contribution in [-0.2, 0) is 21.2 Å². The zero-order valence-corrected chi connectivity index (χ0v) is 18.0. The molecule has 0 aliphatic rings. The predicted octanol–water partition coefficient (Wildman–Crippen LogP) is 2.95. The monoisotopic (exact) mass is 446 g/mol. The van der Waals surface area contributed by atoms with Gasteiger partial charge in [-0.3, -0.25) is 9.52 Å². The Labute approximate surface area is 179 Å². The van der Waals surface area contributed by atoms with Gasteiger partial charge in [-0.2, -0.15) is 0 Å². The van der Waals surface area contributed by atoms with Gasteiger partial charge >= 0.3 is 0 Å². The first-order valence-electron chi connectivity index (χ1n) is 9.33. The highest BCUT2D eigenvalue weighted by molar-refractivity contribution is 7.99. The van der Waals surface area contributed by atoms with Gasteiger partial charge in [0.1, 0.15) is 0 Å². The predicted molar refractivity (Wildman–Crippen MR) is 117 cm³/mol. The summed E-state index contributed by atoms with van der Waals surface area (Å²) in [6, 6.07) is 16.6. The van der Waals surface area contributed by atoms with E-state index in [1.54, 1.807) is 31.2 Å². The van der Waals surface area contributed by atoms with Crippen molar-refractivity contribution in [2.45, 2.75) is 18.6 Å². The van der Waals surface area contributed by atoms with Crippen molar-refractivity contribution in [3.05, 3.63) is 60.2 Å². The summed E-state index contributed by atoms with van der Waals surface area (Å²) in [5.41, 5.74) is 2.28. The van der Waals surface area contributed by atoms with Crippen LogP contribution in [0.25, 0.3) is 11.5 Å². The molecule has 30 heavy (non-hydrogen) atoms. The number of nitrogens with zero attached hydrogens (tertiary/aromatic N) is 2. The van der Waals surface area contributed by atoms with Gasteiger partial charge in [-0.1, -0.05) is 42.1 Å². The van der Waals surface area contributed by atoms with E-state index in [0.717, 1.165) is 18.2 Å². The van der Waals surface area contributed by atoms with Crippen LogP contribution in [0.4, 0.5) is 5.69 Å². The van der Waals surface area contributed by atoms with Crippen LogP contribution in [0.2, 0.25) is 0 Å². The lowest BCUT2D eigenvalue weighted by Crippen LogP contribution is -2.27. The maximum absolute atomic E-state index is 12.0. The minimum absolute atomic E-state index is 0.00116. The third-order valence-electron chi connectivity index (χ3n) is 4.10. The maximum Gasteiger partial charge on any atom is 0.277 e. The molecule has 10 heteroatoms. The molecule has 0 saturated carbocycles. The normalized spacial score (nSPS) is 11.2. The summed E-state index contributed by atoms with van der Waals surface area (Å²) < 4.78 is 31.3. The van der Waals surface area contributed by atoms with Crippen LogP contribution in [-0.4, -0.2) is 42.6 Å². The lowest BCUT2D eigenvalue weighted by Gasteiger charge is -2.05. The zero-order valence-electron chi connectivity index (χ0n) is 16.4. The van der Waals surface area contributed by atoms with Gasteiger partial charge in [0, 0.05) is 17.8 Å². The molecule has 2 aromatic carbocycles. The van der Waals surface area contributed by atoms with Crippen LogP contribution in [0, 0.1) is 0 Å². The fourth-order valence-electron chi connectivity index (χ4n) is 2.49. The molecule has 0 spiro atoms. The van der Waals surface area contributed by atoms with Gasteiger partial charge in [-0.15, -0.1) is 10.2 Å². The Bertz CT molecular complexity index is 1070. The van der Waals surface area contributed by atoms with Crippen molar-refractivity contribution in [2.24, 2.45) is 0 Å². The molecule has 0 fully saturated rings. The van der Waals surface area contributed by atoms with E-state index >= 15 is 0 Å². The second kappa shape index (κ2) is 10.3. The number of carbonyl (C=O) groups excluding carboxylic acids is 1. The quantitative estimate of drug-likeness (QED) is 0.460. The molecule has 0 radical (unpaired) electrons. The number of carbonyl (C=O) groups is 1. The molecule has 0 bridgehead atoms. The topological polar surface area (TPSA) is 114 Å². The van der Waals surface area contributed by atoms with E-state index in [4.69, 9.17) is 4.42 Å². The van der Waals surface area contributed by atoms with Crippen molar-refractivity contribution in [3.63, 3.8) is 0 Å². The fraction of sp³-hybridized carbons (Fsp3) is 0.250. The standard InChI is InChI=1S/C20H22N4O4S2/c1-2-30(26,27)24-17-10-8-16(9-11-17)19-22-23-20(28-19)29-14-18(25)21-13-12-15-6-4-3-5-7-15/h3-11,24H,2,12-14H2,1H3,(H,21,25). The van der Waals surface area contributed by atoms with Crippen LogP contribution in [0.5, 0.6) is 0 Å². The van der Waals surface area contributed by atoms with E-state index < -0.39 is 10.0 Å². The Kier molecular flexibility index (Phi) is 7.47.